The third-order valence-electron chi connectivity index (χ3n) is 4.58. The van der Waals surface area contributed by atoms with E-state index in [1.165, 1.54) is 6.26 Å². The molecule has 0 bridgehead atoms. The molecule has 0 spiro atoms. The number of amides is 1. The van der Waals surface area contributed by atoms with Gasteiger partial charge in [0, 0.05) is 35.9 Å². The predicted molar refractivity (Wildman–Crippen MR) is 104 cm³/mol. The smallest absolute Gasteiger partial charge is 0.291 e. The molecule has 1 amide bonds. The zero-order valence-corrected chi connectivity index (χ0v) is 15.9. The van der Waals surface area contributed by atoms with Gasteiger partial charge in [-0.25, -0.2) is 0 Å². The summed E-state index contributed by atoms with van der Waals surface area (Å²) in [5.41, 5.74) is 2.24. The minimum atomic E-state index is -0.237. The van der Waals surface area contributed by atoms with Crippen LogP contribution in [0.15, 0.2) is 53.4 Å². The molecular formula is C20H21N3O3S. The first-order valence-electron chi connectivity index (χ1n) is 8.89. The fourth-order valence-corrected chi connectivity index (χ4v) is 4.32. The Bertz CT molecular complexity index is 887. The van der Waals surface area contributed by atoms with Gasteiger partial charge < -0.3 is 14.5 Å². The Hall–Kier alpha value is -2.48. The number of morpholine rings is 1. The van der Waals surface area contributed by atoms with Crippen LogP contribution >= 0.6 is 11.3 Å². The Balaban J connectivity index is 1.70. The number of carbonyl (C=O) groups excluding carboxylic acids is 1. The highest BCUT2D eigenvalue weighted by molar-refractivity contribution is 7.16. The van der Waals surface area contributed by atoms with Gasteiger partial charge in [-0.2, -0.15) is 0 Å². The van der Waals surface area contributed by atoms with Crippen molar-refractivity contribution in [3.8, 4) is 0 Å². The zero-order chi connectivity index (χ0) is 18.6. The maximum Gasteiger partial charge on any atom is 0.291 e. The van der Waals surface area contributed by atoms with Crippen molar-refractivity contribution in [2.24, 2.45) is 0 Å². The SMILES string of the molecule is Cc1cc([C@@H](c2ccncc2)N2CCOCC2)c(NC(=O)c2ccco2)s1. The lowest BCUT2D eigenvalue weighted by Crippen LogP contribution is -2.39. The lowest BCUT2D eigenvalue weighted by Gasteiger charge is -2.35. The molecule has 1 N–H and O–H groups in total. The number of hydrogen-bond acceptors (Lipinski definition) is 6. The van der Waals surface area contributed by atoms with Crippen LogP contribution in [0.4, 0.5) is 5.00 Å². The van der Waals surface area contributed by atoms with Crippen molar-refractivity contribution in [3.05, 3.63) is 70.8 Å². The van der Waals surface area contributed by atoms with Crippen LogP contribution in [0, 0.1) is 6.92 Å². The highest BCUT2D eigenvalue weighted by atomic mass is 32.1. The molecule has 3 aromatic rings. The third kappa shape index (κ3) is 3.95. The van der Waals surface area contributed by atoms with Gasteiger partial charge in [0.25, 0.3) is 5.91 Å². The summed E-state index contributed by atoms with van der Waals surface area (Å²) < 4.78 is 10.8. The summed E-state index contributed by atoms with van der Waals surface area (Å²) in [6, 6.07) is 9.63. The minimum absolute atomic E-state index is 0.0359. The molecule has 1 atom stereocenters. The van der Waals surface area contributed by atoms with Crippen molar-refractivity contribution in [1.29, 1.82) is 0 Å². The zero-order valence-electron chi connectivity index (χ0n) is 15.1. The van der Waals surface area contributed by atoms with Crippen molar-refractivity contribution in [2.75, 3.05) is 31.6 Å². The Labute approximate surface area is 161 Å². The number of furan rings is 1. The molecule has 4 rings (SSSR count). The van der Waals surface area contributed by atoms with Crippen LogP contribution in [0.1, 0.15) is 32.6 Å². The van der Waals surface area contributed by atoms with E-state index in [9.17, 15) is 4.79 Å². The second-order valence-electron chi connectivity index (χ2n) is 6.40. The highest BCUT2D eigenvalue weighted by Crippen LogP contribution is 2.39. The first-order chi connectivity index (χ1) is 13.2. The Morgan fingerprint density at radius 2 is 2.04 bits per heavy atom. The van der Waals surface area contributed by atoms with E-state index in [1.54, 1.807) is 23.5 Å². The van der Waals surface area contributed by atoms with E-state index in [4.69, 9.17) is 9.15 Å². The van der Waals surface area contributed by atoms with Crippen molar-refractivity contribution in [3.63, 3.8) is 0 Å². The Morgan fingerprint density at radius 3 is 2.74 bits per heavy atom. The van der Waals surface area contributed by atoms with Gasteiger partial charge in [-0.3, -0.25) is 14.7 Å². The van der Waals surface area contributed by atoms with Crippen molar-refractivity contribution >= 4 is 22.2 Å². The third-order valence-corrected chi connectivity index (χ3v) is 5.57. The number of thiophene rings is 1. The monoisotopic (exact) mass is 383 g/mol. The number of ether oxygens (including phenoxy) is 1. The van der Waals surface area contributed by atoms with Gasteiger partial charge in [0.15, 0.2) is 5.76 Å². The number of nitrogens with zero attached hydrogens (tertiary/aromatic N) is 2. The number of carbonyl (C=O) groups is 1. The molecule has 6 nitrogen and oxygen atoms in total. The van der Waals surface area contributed by atoms with Crippen LogP contribution in [-0.2, 0) is 4.74 Å². The Kier molecular flexibility index (Phi) is 5.33. The average molecular weight is 383 g/mol. The van der Waals surface area contributed by atoms with Crippen molar-refractivity contribution < 1.29 is 13.9 Å². The molecule has 1 aliphatic heterocycles. The van der Waals surface area contributed by atoms with Gasteiger partial charge in [-0.15, -0.1) is 11.3 Å². The highest BCUT2D eigenvalue weighted by Gasteiger charge is 2.28. The molecule has 4 heterocycles. The quantitative estimate of drug-likeness (QED) is 0.727. The maximum absolute atomic E-state index is 12.5. The molecule has 0 aromatic carbocycles. The molecule has 1 aliphatic rings. The number of rotatable bonds is 5. The number of anilines is 1. The molecule has 0 unspecified atom stereocenters. The lowest BCUT2D eigenvalue weighted by atomic mass is 9.99. The molecule has 1 saturated heterocycles. The van der Waals surface area contributed by atoms with Gasteiger partial charge in [-0.1, -0.05) is 0 Å². The minimum Gasteiger partial charge on any atom is -0.459 e. The summed E-state index contributed by atoms with van der Waals surface area (Å²) >= 11 is 1.58. The fourth-order valence-electron chi connectivity index (χ4n) is 3.38. The van der Waals surface area contributed by atoms with Gasteiger partial charge >= 0.3 is 0 Å². The first kappa shape index (κ1) is 17.9. The molecule has 1 fully saturated rings. The molecule has 0 radical (unpaired) electrons. The molecule has 140 valence electrons. The molecule has 27 heavy (non-hydrogen) atoms. The lowest BCUT2D eigenvalue weighted by molar-refractivity contribution is 0.0241. The van der Waals surface area contributed by atoms with Crippen molar-refractivity contribution in [1.82, 2.24) is 9.88 Å². The van der Waals surface area contributed by atoms with E-state index >= 15 is 0 Å². The largest absolute Gasteiger partial charge is 0.459 e. The molecule has 0 saturated carbocycles. The van der Waals surface area contributed by atoms with Crippen LogP contribution in [-0.4, -0.2) is 42.1 Å². The van der Waals surface area contributed by atoms with E-state index in [2.05, 4.69) is 28.2 Å². The van der Waals surface area contributed by atoms with E-state index in [1.807, 2.05) is 24.5 Å². The summed E-state index contributed by atoms with van der Waals surface area (Å²) in [6.45, 7) is 5.15. The summed E-state index contributed by atoms with van der Waals surface area (Å²) in [5.74, 6) is 0.0670. The Morgan fingerprint density at radius 1 is 1.26 bits per heavy atom. The van der Waals surface area contributed by atoms with Crippen LogP contribution in [0.25, 0.3) is 0 Å². The van der Waals surface area contributed by atoms with E-state index in [-0.39, 0.29) is 11.9 Å². The predicted octanol–water partition coefficient (Wildman–Crippen LogP) is 3.72. The summed E-state index contributed by atoms with van der Waals surface area (Å²) in [6.07, 6.45) is 5.12. The van der Waals surface area contributed by atoms with Gasteiger partial charge in [0.05, 0.1) is 25.5 Å². The van der Waals surface area contributed by atoms with Crippen LogP contribution in [0.3, 0.4) is 0 Å². The number of aryl methyl sites for hydroxylation is 1. The number of aromatic nitrogens is 1. The van der Waals surface area contributed by atoms with E-state index < -0.39 is 0 Å². The molecule has 7 heteroatoms. The molecule has 0 aliphatic carbocycles. The van der Waals surface area contributed by atoms with E-state index in [0.29, 0.717) is 19.0 Å². The van der Waals surface area contributed by atoms with Gasteiger partial charge in [0.1, 0.15) is 5.00 Å². The topological polar surface area (TPSA) is 67.6 Å². The number of hydrogen-bond donors (Lipinski definition) is 1. The first-order valence-corrected chi connectivity index (χ1v) is 9.71. The maximum atomic E-state index is 12.5. The summed E-state index contributed by atoms with van der Waals surface area (Å²) in [5, 5.41) is 3.88. The molecular weight excluding hydrogens is 362 g/mol. The van der Waals surface area contributed by atoms with Crippen LogP contribution in [0.2, 0.25) is 0 Å². The second kappa shape index (κ2) is 8.04. The second-order valence-corrected chi connectivity index (χ2v) is 7.66. The average Bonchev–Trinajstić information content (AvgIpc) is 3.34. The standard InChI is InChI=1S/C20H21N3O3S/c1-14-13-16(20(27-14)22-19(24)17-3-2-10-26-17)18(15-4-6-21-7-5-15)23-8-11-25-12-9-23/h2-7,10,13,18H,8-9,11-12H2,1H3,(H,22,24)/t18-/m1/s1. The van der Waals surface area contributed by atoms with Crippen LogP contribution in [0.5, 0.6) is 0 Å². The number of pyridine rings is 1. The van der Waals surface area contributed by atoms with E-state index in [0.717, 1.165) is 34.1 Å². The van der Waals surface area contributed by atoms with Crippen LogP contribution < -0.4 is 5.32 Å². The number of nitrogens with one attached hydrogen (secondary N) is 1. The normalized spacial score (nSPS) is 16.2. The van der Waals surface area contributed by atoms with Gasteiger partial charge in [0.2, 0.25) is 0 Å². The fraction of sp³-hybridized carbons (Fsp3) is 0.300. The summed E-state index contributed by atoms with van der Waals surface area (Å²) in [4.78, 5) is 20.2. The van der Waals surface area contributed by atoms with Crippen molar-refractivity contribution in [2.45, 2.75) is 13.0 Å². The molecule has 3 aromatic heterocycles. The van der Waals surface area contributed by atoms with Gasteiger partial charge in [-0.05, 0) is 42.8 Å². The summed E-state index contributed by atoms with van der Waals surface area (Å²) in [7, 11) is 0.